The third-order valence-electron chi connectivity index (χ3n) is 3.69. The standard InChI is InChI=1S/C16H10Br3N2/c17-12-6-13(18)16(14(19)7-12)21-8-11-3-1-2-10-4-5-20(9-21)15(10)11/h1-8H,9H2/q+1. The second kappa shape index (κ2) is 5.07. The van der Waals surface area contributed by atoms with E-state index in [2.05, 4.69) is 106 Å². The number of nitrogens with zero attached hydrogens (tertiary/aromatic N) is 2. The van der Waals surface area contributed by atoms with Crippen molar-refractivity contribution in [2.75, 3.05) is 0 Å². The second-order valence-electron chi connectivity index (χ2n) is 5.03. The highest BCUT2D eigenvalue weighted by atomic mass is 79.9. The van der Waals surface area contributed by atoms with Crippen LogP contribution in [0.4, 0.5) is 5.69 Å². The molecule has 5 heteroatoms. The van der Waals surface area contributed by atoms with Crippen LogP contribution in [-0.4, -0.2) is 15.4 Å². The summed E-state index contributed by atoms with van der Waals surface area (Å²) in [4.78, 5) is 0. The fourth-order valence-electron chi connectivity index (χ4n) is 2.83. The van der Waals surface area contributed by atoms with Gasteiger partial charge in [-0.05, 0) is 56.1 Å². The average molecular weight is 470 g/mol. The van der Waals surface area contributed by atoms with E-state index in [0.29, 0.717) is 0 Å². The number of aromatic nitrogens is 1. The van der Waals surface area contributed by atoms with Crippen molar-refractivity contribution in [2.24, 2.45) is 0 Å². The van der Waals surface area contributed by atoms with Crippen LogP contribution < -0.4 is 0 Å². The molecule has 104 valence electrons. The summed E-state index contributed by atoms with van der Waals surface area (Å²) in [5, 5.41) is 1.29. The summed E-state index contributed by atoms with van der Waals surface area (Å²) < 4.78 is 7.70. The summed E-state index contributed by atoms with van der Waals surface area (Å²) in [5.41, 5.74) is 3.68. The summed E-state index contributed by atoms with van der Waals surface area (Å²) in [6.07, 6.45) is 4.36. The lowest BCUT2D eigenvalue weighted by molar-refractivity contribution is -0.473. The molecule has 0 atom stereocenters. The van der Waals surface area contributed by atoms with Crippen molar-refractivity contribution in [1.82, 2.24) is 4.57 Å². The van der Waals surface area contributed by atoms with Crippen molar-refractivity contribution in [3.63, 3.8) is 0 Å². The number of benzene rings is 2. The molecule has 21 heavy (non-hydrogen) atoms. The molecule has 0 radical (unpaired) electrons. The monoisotopic (exact) mass is 467 g/mol. The first-order valence-corrected chi connectivity index (χ1v) is 8.85. The third kappa shape index (κ3) is 2.22. The third-order valence-corrected chi connectivity index (χ3v) is 5.36. The zero-order valence-electron chi connectivity index (χ0n) is 10.9. The minimum absolute atomic E-state index is 0.805. The zero-order chi connectivity index (χ0) is 14.6. The lowest BCUT2D eigenvalue weighted by Crippen LogP contribution is -2.18. The van der Waals surface area contributed by atoms with E-state index in [9.17, 15) is 0 Å². The molecule has 1 aliphatic rings. The molecular formula is C16H10Br3N2+. The first-order valence-electron chi connectivity index (χ1n) is 6.47. The Morgan fingerprint density at radius 2 is 1.76 bits per heavy atom. The fourth-order valence-corrected chi connectivity index (χ4v) is 5.54. The van der Waals surface area contributed by atoms with Gasteiger partial charge in [-0.1, -0.05) is 28.1 Å². The van der Waals surface area contributed by atoms with E-state index in [-0.39, 0.29) is 0 Å². The lowest BCUT2D eigenvalue weighted by atomic mass is 10.1. The molecule has 0 bridgehead atoms. The topological polar surface area (TPSA) is 7.94 Å². The highest BCUT2D eigenvalue weighted by molar-refractivity contribution is 9.11. The number of hydrogen-bond donors (Lipinski definition) is 0. The van der Waals surface area contributed by atoms with Crippen LogP contribution in [0.5, 0.6) is 0 Å². The molecule has 1 aliphatic heterocycles. The molecule has 0 amide bonds. The van der Waals surface area contributed by atoms with E-state index in [0.717, 1.165) is 25.8 Å². The molecule has 0 saturated heterocycles. The largest absolute Gasteiger partial charge is 0.291 e. The van der Waals surface area contributed by atoms with Gasteiger partial charge in [0.15, 0.2) is 6.21 Å². The fraction of sp³-hybridized carbons (Fsp3) is 0.0625. The van der Waals surface area contributed by atoms with Crippen LogP contribution >= 0.6 is 47.8 Å². The molecule has 3 aromatic rings. The minimum atomic E-state index is 0.805. The Labute approximate surface area is 147 Å². The van der Waals surface area contributed by atoms with Gasteiger partial charge in [-0.3, -0.25) is 4.57 Å². The van der Waals surface area contributed by atoms with E-state index in [1.54, 1.807) is 0 Å². The zero-order valence-corrected chi connectivity index (χ0v) is 15.6. The maximum absolute atomic E-state index is 3.67. The molecule has 2 nitrogen and oxygen atoms in total. The Balaban J connectivity index is 1.95. The molecule has 0 N–H and O–H groups in total. The summed E-state index contributed by atoms with van der Waals surface area (Å²) in [6, 6.07) is 12.7. The first-order chi connectivity index (χ1) is 10.1. The van der Waals surface area contributed by atoms with Crippen LogP contribution in [0.1, 0.15) is 5.56 Å². The smallest absolute Gasteiger partial charge is 0.235 e. The lowest BCUT2D eigenvalue weighted by Gasteiger charge is -2.14. The van der Waals surface area contributed by atoms with Gasteiger partial charge in [-0.2, -0.15) is 4.58 Å². The van der Waals surface area contributed by atoms with Crippen LogP contribution in [0.15, 0.2) is 56.0 Å². The number of hydrogen-bond acceptors (Lipinski definition) is 0. The predicted octanol–water partition coefficient (Wildman–Crippen LogP) is 5.66. The summed E-state index contributed by atoms with van der Waals surface area (Å²) in [5.74, 6) is 0. The van der Waals surface area contributed by atoms with E-state index in [1.165, 1.54) is 16.5 Å². The Hall–Kier alpha value is -0.910. The summed E-state index contributed by atoms with van der Waals surface area (Å²) >= 11 is 10.9. The van der Waals surface area contributed by atoms with Crippen molar-refractivity contribution in [3.8, 4) is 0 Å². The van der Waals surface area contributed by atoms with Crippen LogP contribution in [0.3, 0.4) is 0 Å². The molecule has 0 saturated carbocycles. The van der Waals surface area contributed by atoms with Crippen molar-refractivity contribution < 1.29 is 4.58 Å². The van der Waals surface area contributed by atoms with Crippen LogP contribution in [0.2, 0.25) is 0 Å². The molecule has 0 unspecified atom stereocenters. The molecule has 0 spiro atoms. The molecule has 2 heterocycles. The van der Waals surface area contributed by atoms with Gasteiger partial charge in [-0.25, -0.2) is 0 Å². The SMILES string of the molecule is Brc1cc(Br)c([N+]2=Cc3cccc4ccn(c34)C2)c(Br)c1. The van der Waals surface area contributed by atoms with Crippen LogP contribution in [0, 0.1) is 0 Å². The van der Waals surface area contributed by atoms with Crippen molar-refractivity contribution in [3.05, 3.63) is 61.6 Å². The van der Waals surface area contributed by atoms with Gasteiger partial charge in [0.05, 0.1) is 20.0 Å². The second-order valence-corrected chi connectivity index (χ2v) is 7.65. The van der Waals surface area contributed by atoms with E-state index < -0.39 is 0 Å². The van der Waals surface area contributed by atoms with Gasteiger partial charge in [0.2, 0.25) is 12.4 Å². The maximum atomic E-state index is 3.67. The van der Waals surface area contributed by atoms with Gasteiger partial charge in [0.25, 0.3) is 0 Å². The van der Waals surface area contributed by atoms with Crippen LogP contribution in [-0.2, 0) is 6.67 Å². The van der Waals surface area contributed by atoms with E-state index in [1.807, 2.05) is 0 Å². The predicted molar refractivity (Wildman–Crippen MR) is 96.6 cm³/mol. The van der Waals surface area contributed by atoms with E-state index >= 15 is 0 Å². The van der Waals surface area contributed by atoms with Gasteiger partial charge in [0.1, 0.15) is 0 Å². The minimum Gasteiger partial charge on any atom is -0.291 e. The van der Waals surface area contributed by atoms with Gasteiger partial charge in [0, 0.05) is 16.1 Å². The van der Waals surface area contributed by atoms with Gasteiger partial charge >= 0.3 is 0 Å². The molecule has 0 fully saturated rings. The Kier molecular flexibility index (Phi) is 3.32. The maximum Gasteiger partial charge on any atom is 0.235 e. The molecule has 1 aromatic heterocycles. The van der Waals surface area contributed by atoms with Crippen molar-refractivity contribution in [1.29, 1.82) is 0 Å². The quantitative estimate of drug-likeness (QED) is 0.406. The highest BCUT2D eigenvalue weighted by Gasteiger charge is 2.24. The van der Waals surface area contributed by atoms with Crippen LogP contribution in [0.25, 0.3) is 10.9 Å². The Morgan fingerprint density at radius 3 is 2.52 bits per heavy atom. The summed E-state index contributed by atoms with van der Waals surface area (Å²) in [6.45, 7) is 0.805. The Morgan fingerprint density at radius 1 is 1.00 bits per heavy atom. The summed E-state index contributed by atoms with van der Waals surface area (Å²) in [7, 11) is 0. The average Bonchev–Trinajstić information content (AvgIpc) is 2.83. The highest BCUT2D eigenvalue weighted by Crippen LogP contribution is 2.37. The number of halogens is 3. The number of rotatable bonds is 1. The van der Waals surface area contributed by atoms with Gasteiger partial charge in [-0.15, -0.1) is 0 Å². The molecular weight excluding hydrogens is 460 g/mol. The van der Waals surface area contributed by atoms with Crippen molar-refractivity contribution >= 4 is 70.6 Å². The van der Waals surface area contributed by atoms with Crippen molar-refractivity contribution in [2.45, 2.75) is 6.67 Å². The molecule has 0 aliphatic carbocycles. The first kappa shape index (κ1) is 13.7. The number of para-hydroxylation sites is 1. The van der Waals surface area contributed by atoms with E-state index in [4.69, 9.17) is 0 Å². The molecule has 4 rings (SSSR count). The Bertz CT molecular complexity index is 886. The van der Waals surface area contributed by atoms with Gasteiger partial charge < -0.3 is 0 Å². The normalized spacial score (nSPS) is 13.6. The molecule has 2 aromatic carbocycles.